The van der Waals surface area contributed by atoms with E-state index in [1.165, 1.54) is 101 Å². The van der Waals surface area contributed by atoms with Crippen LogP contribution in [0.5, 0.6) is 5.75 Å². The van der Waals surface area contributed by atoms with Gasteiger partial charge < -0.3 is 9.29 Å². The normalized spacial score (nSPS) is 11.4. The van der Waals surface area contributed by atoms with Crippen molar-refractivity contribution in [2.24, 2.45) is 0 Å². The Morgan fingerprint density at radius 1 is 0.706 bits per heavy atom. The zero-order valence-corrected chi connectivity index (χ0v) is 25.2. The molecular weight excluding hydrogens is 455 g/mol. The molecule has 0 amide bonds. The fourth-order valence-corrected chi connectivity index (χ4v) is 4.77. The fraction of sp³-hybridized carbons (Fsp3) is 0.786. The molecule has 0 aliphatic carbocycles. The Morgan fingerprint density at radius 3 is 1.79 bits per heavy atom. The number of hydrogen-bond donors (Lipinski definition) is 0. The predicted octanol–water partition coefficient (Wildman–Crippen LogP) is 4.98. The monoisotopic (exact) mass is 504 g/mol. The molecule has 0 atom stereocenters. The van der Waals surface area contributed by atoms with Crippen molar-refractivity contribution in [3.63, 3.8) is 0 Å². The van der Waals surface area contributed by atoms with Crippen LogP contribution in [-0.4, -0.2) is 25.3 Å². The van der Waals surface area contributed by atoms with Gasteiger partial charge in [0.1, 0.15) is 5.75 Å². The summed E-state index contributed by atoms with van der Waals surface area (Å²) in [5, 5.41) is 0. The van der Waals surface area contributed by atoms with Gasteiger partial charge >= 0.3 is 29.6 Å². The number of unbranched alkanes of at least 4 members (excludes halogenated alkanes) is 13. The molecule has 0 saturated carbocycles. The van der Waals surface area contributed by atoms with Crippen LogP contribution in [0.3, 0.4) is 0 Å². The van der Waals surface area contributed by atoms with Crippen LogP contribution < -0.4 is 34.3 Å². The van der Waals surface area contributed by atoms with Gasteiger partial charge in [-0.2, -0.15) is 0 Å². The molecule has 0 aliphatic heterocycles. The third kappa shape index (κ3) is 19.2. The maximum Gasteiger partial charge on any atom is 1.00 e. The molecule has 192 valence electrons. The van der Waals surface area contributed by atoms with Gasteiger partial charge in [0.15, 0.2) is 0 Å². The van der Waals surface area contributed by atoms with Gasteiger partial charge in [0.2, 0.25) is 0 Å². The molecule has 1 aromatic carbocycles. The van der Waals surface area contributed by atoms with E-state index >= 15 is 0 Å². The molecule has 0 fully saturated rings. The molecule has 0 aromatic heterocycles. The molecule has 0 spiro atoms. The molecule has 1 aromatic rings. The molecular formula is C28H49NaO4S. The summed E-state index contributed by atoms with van der Waals surface area (Å²) in [5.74, 6) is 0.644. The van der Waals surface area contributed by atoms with Gasteiger partial charge in [0.05, 0.1) is 16.7 Å². The summed E-state index contributed by atoms with van der Waals surface area (Å²) in [6.45, 7) is 4.96. The van der Waals surface area contributed by atoms with Gasteiger partial charge in [0.25, 0.3) is 0 Å². The molecule has 0 saturated heterocycles. The summed E-state index contributed by atoms with van der Waals surface area (Å²) in [4.78, 5) is 0. The standard InChI is InChI=1S/C28H50O4S.Na/c1-3-5-7-9-11-13-15-19-26-21-22-27(20-16-14-12-10-8-6-4-2)28(25-26)32-23-17-18-24-33(29,30)31;/h21-22,25H,3-20,23-24H2,1-2H3,(H,29,30,31);/q;+1/p-1. The smallest absolute Gasteiger partial charge is 0.748 e. The van der Waals surface area contributed by atoms with Crippen LogP contribution in [-0.2, 0) is 23.0 Å². The molecule has 4 nitrogen and oxygen atoms in total. The molecule has 0 N–H and O–H groups in total. The van der Waals surface area contributed by atoms with Crippen LogP contribution in [0, 0.1) is 0 Å². The summed E-state index contributed by atoms with van der Waals surface area (Å²) >= 11 is 0. The average Bonchev–Trinajstić information content (AvgIpc) is 2.78. The van der Waals surface area contributed by atoms with Crippen molar-refractivity contribution in [3.05, 3.63) is 29.3 Å². The Balaban J connectivity index is 0.0000109. The van der Waals surface area contributed by atoms with E-state index in [4.69, 9.17) is 4.74 Å². The SMILES string of the molecule is CCCCCCCCCc1ccc(CCCCCCCCC)c(OCCCCS(=O)(=O)[O-])c1.[Na+]. The quantitative estimate of drug-likeness (QED) is 0.127. The van der Waals surface area contributed by atoms with Gasteiger partial charge in [-0.1, -0.05) is 103 Å². The second-order valence-corrected chi connectivity index (χ2v) is 11.0. The van der Waals surface area contributed by atoms with Gasteiger partial charge in [-0.05, 0) is 55.7 Å². The summed E-state index contributed by atoms with van der Waals surface area (Å²) in [6, 6.07) is 6.67. The number of rotatable bonds is 22. The first-order valence-electron chi connectivity index (χ1n) is 13.6. The number of hydrogen-bond acceptors (Lipinski definition) is 4. The molecule has 34 heavy (non-hydrogen) atoms. The van der Waals surface area contributed by atoms with E-state index in [1.54, 1.807) is 0 Å². The maximum atomic E-state index is 10.8. The largest absolute Gasteiger partial charge is 1.00 e. The third-order valence-electron chi connectivity index (χ3n) is 6.30. The number of ether oxygens (including phenoxy) is 1. The van der Waals surface area contributed by atoms with Crippen molar-refractivity contribution < 1.29 is 47.3 Å². The number of benzene rings is 1. The first-order chi connectivity index (χ1) is 16.0. The molecule has 0 aliphatic rings. The summed E-state index contributed by atoms with van der Waals surface area (Å²) < 4.78 is 38.5. The van der Waals surface area contributed by atoms with Crippen molar-refractivity contribution in [1.29, 1.82) is 0 Å². The topological polar surface area (TPSA) is 66.4 Å². The average molecular weight is 505 g/mol. The van der Waals surface area contributed by atoms with Crippen molar-refractivity contribution >= 4 is 10.1 Å². The van der Waals surface area contributed by atoms with Crippen LogP contribution in [0.1, 0.15) is 128 Å². The van der Waals surface area contributed by atoms with Crippen LogP contribution in [0.2, 0.25) is 0 Å². The van der Waals surface area contributed by atoms with Crippen molar-refractivity contribution in [3.8, 4) is 5.75 Å². The second-order valence-electron chi connectivity index (χ2n) is 9.50. The fourth-order valence-electron chi connectivity index (χ4n) is 4.22. The Kier molecular flexibility index (Phi) is 22.1. The zero-order chi connectivity index (χ0) is 24.2. The van der Waals surface area contributed by atoms with Gasteiger partial charge in [0, 0.05) is 5.75 Å². The minimum absolute atomic E-state index is 0. The van der Waals surface area contributed by atoms with E-state index in [0.717, 1.165) is 18.6 Å². The zero-order valence-electron chi connectivity index (χ0n) is 22.4. The molecule has 0 unspecified atom stereocenters. The van der Waals surface area contributed by atoms with Crippen LogP contribution in [0.4, 0.5) is 0 Å². The summed E-state index contributed by atoms with van der Waals surface area (Å²) in [6.07, 6.45) is 21.2. The van der Waals surface area contributed by atoms with Gasteiger partial charge in [-0.15, -0.1) is 0 Å². The minimum atomic E-state index is -4.13. The Bertz CT molecular complexity index is 706. The first-order valence-corrected chi connectivity index (χ1v) is 15.2. The minimum Gasteiger partial charge on any atom is -0.748 e. The second kappa shape index (κ2) is 22.2. The molecule has 0 heterocycles. The van der Waals surface area contributed by atoms with E-state index in [9.17, 15) is 13.0 Å². The summed E-state index contributed by atoms with van der Waals surface area (Å²) in [7, 11) is -4.13. The van der Waals surface area contributed by atoms with E-state index in [1.807, 2.05) is 0 Å². The van der Waals surface area contributed by atoms with Crippen LogP contribution >= 0.6 is 0 Å². The Morgan fingerprint density at radius 2 is 1.24 bits per heavy atom. The van der Waals surface area contributed by atoms with Crippen molar-refractivity contribution in [2.75, 3.05) is 12.4 Å². The molecule has 0 bridgehead atoms. The molecule has 6 heteroatoms. The third-order valence-corrected chi connectivity index (χ3v) is 7.09. The van der Waals surface area contributed by atoms with Crippen molar-refractivity contribution in [2.45, 2.75) is 129 Å². The number of aryl methyl sites for hydroxylation is 2. The van der Waals surface area contributed by atoms with Crippen molar-refractivity contribution in [1.82, 2.24) is 0 Å². The Hall–Kier alpha value is -0.0700. The predicted molar refractivity (Wildman–Crippen MR) is 139 cm³/mol. The van der Waals surface area contributed by atoms with Crippen LogP contribution in [0.25, 0.3) is 0 Å². The van der Waals surface area contributed by atoms with Gasteiger partial charge in [-0.25, -0.2) is 8.42 Å². The van der Waals surface area contributed by atoms with Gasteiger partial charge in [-0.3, -0.25) is 0 Å². The van der Waals surface area contributed by atoms with E-state index in [-0.39, 0.29) is 35.3 Å². The van der Waals surface area contributed by atoms with E-state index in [0.29, 0.717) is 19.4 Å². The van der Waals surface area contributed by atoms with Crippen LogP contribution in [0.15, 0.2) is 18.2 Å². The molecule has 1 rings (SSSR count). The Labute approximate surface area is 233 Å². The first kappa shape index (κ1) is 33.9. The molecule has 0 radical (unpaired) electrons. The summed E-state index contributed by atoms with van der Waals surface area (Å²) in [5.41, 5.74) is 2.58. The van der Waals surface area contributed by atoms with E-state index < -0.39 is 10.1 Å². The van der Waals surface area contributed by atoms with E-state index in [2.05, 4.69) is 32.0 Å². The maximum absolute atomic E-state index is 10.8.